The lowest BCUT2D eigenvalue weighted by Gasteiger charge is -2.33. The molecule has 1 aliphatic rings. The second-order valence-electron chi connectivity index (χ2n) is 7.70. The van der Waals surface area contributed by atoms with Crippen molar-refractivity contribution in [3.8, 4) is 5.75 Å². The van der Waals surface area contributed by atoms with E-state index in [-0.39, 0.29) is 29.9 Å². The van der Waals surface area contributed by atoms with Crippen LogP contribution >= 0.6 is 0 Å². The van der Waals surface area contributed by atoms with E-state index in [1.54, 1.807) is 24.1 Å². The number of methoxy groups -OCH3 is 1. The number of nitrogens with one attached hydrogen (secondary N) is 1. The van der Waals surface area contributed by atoms with E-state index < -0.39 is 10.0 Å². The molecule has 0 radical (unpaired) electrons. The molecule has 0 aliphatic carbocycles. The maximum atomic E-state index is 12.6. The molecule has 1 N–H and O–H groups in total. The highest BCUT2D eigenvalue weighted by Crippen LogP contribution is 2.26. The minimum atomic E-state index is -3.65. The summed E-state index contributed by atoms with van der Waals surface area (Å²) in [6.45, 7) is 5.39. The summed E-state index contributed by atoms with van der Waals surface area (Å²) in [6.07, 6.45) is 0.587. The molecule has 3 rings (SSSR count). The number of hydrogen-bond donors (Lipinski definition) is 1. The molecule has 1 fully saturated rings. The quantitative estimate of drug-likeness (QED) is 0.630. The van der Waals surface area contributed by atoms with Crippen molar-refractivity contribution in [1.82, 2.24) is 9.62 Å². The molecule has 2 aromatic rings. The second kappa shape index (κ2) is 10.3. The van der Waals surface area contributed by atoms with E-state index in [9.17, 15) is 13.2 Å². The van der Waals surface area contributed by atoms with E-state index in [0.717, 1.165) is 16.7 Å². The van der Waals surface area contributed by atoms with Crippen molar-refractivity contribution in [2.45, 2.75) is 37.7 Å². The van der Waals surface area contributed by atoms with Gasteiger partial charge in [0, 0.05) is 19.5 Å². The first-order chi connectivity index (χ1) is 14.8. The van der Waals surface area contributed by atoms with Crippen molar-refractivity contribution in [2.75, 3.05) is 33.4 Å². The molecule has 31 heavy (non-hydrogen) atoms. The number of morpholine rings is 1. The van der Waals surface area contributed by atoms with E-state index in [1.165, 1.54) is 0 Å². The summed E-state index contributed by atoms with van der Waals surface area (Å²) >= 11 is 0. The Labute approximate surface area is 184 Å². The Bertz CT molecular complexity index is 985. The molecule has 168 valence electrons. The summed E-state index contributed by atoms with van der Waals surface area (Å²) in [4.78, 5) is 14.6. The Balaban J connectivity index is 1.50. The minimum absolute atomic E-state index is 0.0135. The first-order valence-corrected chi connectivity index (χ1v) is 11.9. The lowest BCUT2D eigenvalue weighted by atomic mass is 10.1. The van der Waals surface area contributed by atoms with Gasteiger partial charge in [0.1, 0.15) is 11.9 Å². The van der Waals surface area contributed by atoms with Gasteiger partial charge in [0.25, 0.3) is 0 Å². The van der Waals surface area contributed by atoms with Crippen molar-refractivity contribution in [3.05, 3.63) is 59.2 Å². The SMILES string of the molecule is COc1c(C)cc(S(=O)(=O)NCCCC(=O)N2CCOC(c3ccccc3)C2)cc1C. The van der Waals surface area contributed by atoms with Crippen LogP contribution in [0, 0.1) is 13.8 Å². The van der Waals surface area contributed by atoms with Crippen LogP contribution in [-0.2, 0) is 19.6 Å². The third-order valence-corrected chi connectivity index (χ3v) is 6.84. The Kier molecular flexibility index (Phi) is 7.69. The van der Waals surface area contributed by atoms with Crippen LogP contribution in [0.3, 0.4) is 0 Å². The van der Waals surface area contributed by atoms with Gasteiger partial charge in [-0.15, -0.1) is 0 Å². The predicted octanol–water partition coefficient (Wildman–Crippen LogP) is 2.97. The zero-order valence-electron chi connectivity index (χ0n) is 18.3. The fourth-order valence-corrected chi connectivity index (χ4v) is 5.06. The first kappa shape index (κ1) is 23.2. The van der Waals surface area contributed by atoms with Crippen molar-refractivity contribution in [2.24, 2.45) is 0 Å². The van der Waals surface area contributed by atoms with Gasteiger partial charge in [-0.3, -0.25) is 4.79 Å². The lowest BCUT2D eigenvalue weighted by Crippen LogP contribution is -2.42. The molecule has 1 aliphatic heterocycles. The highest BCUT2D eigenvalue weighted by molar-refractivity contribution is 7.89. The average molecular weight is 447 g/mol. The van der Waals surface area contributed by atoms with E-state index >= 15 is 0 Å². The molecule has 1 heterocycles. The number of benzene rings is 2. The largest absolute Gasteiger partial charge is 0.496 e. The summed E-state index contributed by atoms with van der Waals surface area (Å²) < 4.78 is 38.9. The smallest absolute Gasteiger partial charge is 0.240 e. The fraction of sp³-hybridized carbons (Fsp3) is 0.435. The fourth-order valence-electron chi connectivity index (χ4n) is 3.82. The maximum Gasteiger partial charge on any atom is 0.240 e. The molecule has 1 atom stereocenters. The Hall–Kier alpha value is -2.42. The number of rotatable bonds is 8. The molecule has 2 aromatic carbocycles. The molecule has 1 saturated heterocycles. The van der Waals surface area contributed by atoms with Crippen LogP contribution < -0.4 is 9.46 Å². The van der Waals surface area contributed by atoms with Crippen molar-refractivity contribution < 1.29 is 22.7 Å². The molecule has 1 unspecified atom stereocenters. The number of nitrogens with zero attached hydrogens (tertiary/aromatic N) is 1. The van der Waals surface area contributed by atoms with Crippen molar-refractivity contribution in [3.63, 3.8) is 0 Å². The molecule has 0 spiro atoms. The maximum absolute atomic E-state index is 12.6. The normalized spacial score (nSPS) is 16.9. The Morgan fingerprint density at radius 2 is 1.87 bits per heavy atom. The van der Waals surface area contributed by atoms with Crippen LogP contribution in [-0.4, -0.2) is 52.6 Å². The molecule has 1 amide bonds. The van der Waals surface area contributed by atoms with E-state index in [1.807, 2.05) is 44.2 Å². The van der Waals surface area contributed by atoms with Crippen LogP contribution in [0.15, 0.2) is 47.4 Å². The molecular weight excluding hydrogens is 416 g/mol. The molecule has 8 heteroatoms. The van der Waals surface area contributed by atoms with Crippen molar-refractivity contribution >= 4 is 15.9 Å². The highest BCUT2D eigenvalue weighted by atomic mass is 32.2. The van der Waals surface area contributed by atoms with Gasteiger partial charge >= 0.3 is 0 Å². The Morgan fingerprint density at radius 3 is 2.52 bits per heavy atom. The molecular formula is C23H30N2O5S. The van der Waals surface area contributed by atoms with Crippen LogP contribution in [0.4, 0.5) is 0 Å². The summed E-state index contributed by atoms with van der Waals surface area (Å²) in [5.41, 5.74) is 2.58. The van der Waals surface area contributed by atoms with E-state index in [4.69, 9.17) is 9.47 Å². The van der Waals surface area contributed by atoms with Gasteiger partial charge in [0.05, 0.1) is 25.2 Å². The summed E-state index contributed by atoms with van der Waals surface area (Å²) in [5, 5.41) is 0. The minimum Gasteiger partial charge on any atom is -0.496 e. The third-order valence-electron chi connectivity index (χ3n) is 5.40. The zero-order valence-corrected chi connectivity index (χ0v) is 19.1. The monoisotopic (exact) mass is 446 g/mol. The van der Waals surface area contributed by atoms with Crippen LogP contribution in [0.2, 0.25) is 0 Å². The summed E-state index contributed by atoms with van der Waals surface area (Å²) in [7, 11) is -2.08. The number of hydrogen-bond acceptors (Lipinski definition) is 5. The van der Waals surface area contributed by atoms with E-state index in [2.05, 4.69) is 4.72 Å². The zero-order chi connectivity index (χ0) is 22.4. The highest BCUT2D eigenvalue weighted by Gasteiger charge is 2.25. The van der Waals surface area contributed by atoms with Gasteiger partial charge in [-0.25, -0.2) is 13.1 Å². The van der Waals surface area contributed by atoms with E-state index in [0.29, 0.717) is 31.9 Å². The number of carbonyl (C=O) groups excluding carboxylic acids is 1. The molecule has 0 saturated carbocycles. The second-order valence-corrected chi connectivity index (χ2v) is 9.47. The first-order valence-electron chi connectivity index (χ1n) is 10.4. The predicted molar refractivity (Wildman–Crippen MR) is 119 cm³/mol. The number of amides is 1. The van der Waals surface area contributed by atoms with Gasteiger partial charge in [0.2, 0.25) is 15.9 Å². The van der Waals surface area contributed by atoms with Gasteiger partial charge < -0.3 is 14.4 Å². The number of carbonyl (C=O) groups is 1. The molecule has 0 aromatic heterocycles. The lowest BCUT2D eigenvalue weighted by molar-refractivity contribution is -0.139. The number of aryl methyl sites for hydroxylation is 2. The third kappa shape index (κ3) is 5.84. The summed E-state index contributed by atoms with van der Waals surface area (Å²) in [6, 6.07) is 13.0. The van der Waals surface area contributed by atoms with Gasteiger partial charge in [-0.05, 0) is 49.1 Å². The van der Waals surface area contributed by atoms with Crippen LogP contribution in [0.1, 0.15) is 35.6 Å². The van der Waals surface area contributed by atoms with Crippen LogP contribution in [0.5, 0.6) is 5.75 Å². The average Bonchev–Trinajstić information content (AvgIpc) is 2.77. The van der Waals surface area contributed by atoms with Gasteiger partial charge in [-0.2, -0.15) is 0 Å². The van der Waals surface area contributed by atoms with Gasteiger partial charge in [-0.1, -0.05) is 30.3 Å². The van der Waals surface area contributed by atoms with Gasteiger partial charge in [0.15, 0.2) is 0 Å². The van der Waals surface area contributed by atoms with Crippen molar-refractivity contribution in [1.29, 1.82) is 0 Å². The Morgan fingerprint density at radius 1 is 1.19 bits per heavy atom. The summed E-state index contributed by atoms with van der Waals surface area (Å²) in [5.74, 6) is 0.698. The number of sulfonamides is 1. The molecule has 0 bridgehead atoms. The number of ether oxygens (including phenoxy) is 2. The molecule has 7 nitrogen and oxygen atoms in total. The topological polar surface area (TPSA) is 84.9 Å². The standard InChI is InChI=1S/C23H30N2O5S/c1-17-14-20(15-18(2)23(17)29-3)31(27,28)24-11-7-10-22(26)25-12-13-30-21(16-25)19-8-5-4-6-9-19/h4-6,8-9,14-15,21,24H,7,10-13,16H2,1-3H3. The van der Waals surface area contributed by atoms with Crippen LogP contribution in [0.25, 0.3) is 0 Å².